The van der Waals surface area contributed by atoms with E-state index < -0.39 is 0 Å². The molecule has 0 aromatic rings. The normalized spacial score (nSPS) is 30.2. The summed E-state index contributed by atoms with van der Waals surface area (Å²) in [6, 6.07) is 0.559. The van der Waals surface area contributed by atoms with E-state index in [9.17, 15) is 0 Å². The Bertz CT molecular complexity index is 226. The molecule has 0 spiro atoms. The molecule has 0 amide bonds. The third-order valence-corrected chi connectivity index (χ3v) is 4.05. The third-order valence-electron chi connectivity index (χ3n) is 4.05. The first kappa shape index (κ1) is 14.3. The van der Waals surface area contributed by atoms with Gasteiger partial charge in [0.1, 0.15) is 0 Å². The molecule has 4 nitrogen and oxygen atoms in total. The van der Waals surface area contributed by atoms with Crippen LogP contribution in [0.2, 0.25) is 0 Å². The van der Waals surface area contributed by atoms with Gasteiger partial charge in [-0.3, -0.25) is 0 Å². The molecule has 0 aliphatic carbocycles. The van der Waals surface area contributed by atoms with Gasteiger partial charge in [-0.25, -0.2) is 0 Å². The largest absolute Gasteiger partial charge is 0.381 e. The average Bonchev–Trinajstić information content (AvgIpc) is 3.00. The molecule has 2 rings (SSSR count). The van der Waals surface area contributed by atoms with Crippen LogP contribution in [0.1, 0.15) is 26.2 Å². The Kier molecular flexibility index (Phi) is 5.89. The van der Waals surface area contributed by atoms with E-state index in [1.54, 1.807) is 0 Å². The van der Waals surface area contributed by atoms with Crippen molar-refractivity contribution in [3.8, 4) is 0 Å². The highest BCUT2D eigenvalue weighted by Crippen LogP contribution is 2.18. The Hall–Kier alpha value is -0.160. The van der Waals surface area contributed by atoms with Crippen molar-refractivity contribution in [3.05, 3.63) is 0 Å². The van der Waals surface area contributed by atoms with Crippen molar-refractivity contribution in [2.24, 2.45) is 5.92 Å². The minimum Gasteiger partial charge on any atom is -0.381 e. The van der Waals surface area contributed by atoms with Crippen molar-refractivity contribution in [2.75, 3.05) is 46.5 Å². The predicted octanol–water partition coefficient (Wildman–Crippen LogP) is 1.11. The first-order valence-electron chi connectivity index (χ1n) is 7.41. The van der Waals surface area contributed by atoms with Crippen molar-refractivity contribution < 1.29 is 9.47 Å². The average molecular weight is 256 g/mol. The monoisotopic (exact) mass is 256 g/mol. The Labute approximate surface area is 111 Å². The molecule has 106 valence electrons. The third kappa shape index (κ3) is 4.19. The van der Waals surface area contributed by atoms with Gasteiger partial charge in [0, 0.05) is 38.3 Å². The first-order valence-corrected chi connectivity index (χ1v) is 7.41. The molecule has 2 aliphatic heterocycles. The van der Waals surface area contributed by atoms with E-state index in [1.807, 2.05) is 0 Å². The van der Waals surface area contributed by atoms with Crippen molar-refractivity contribution in [1.82, 2.24) is 10.2 Å². The molecule has 0 aromatic carbocycles. The number of nitrogens with one attached hydrogen (secondary N) is 1. The van der Waals surface area contributed by atoms with E-state index in [2.05, 4.69) is 24.2 Å². The van der Waals surface area contributed by atoms with Gasteiger partial charge < -0.3 is 19.7 Å². The van der Waals surface area contributed by atoms with Gasteiger partial charge in [0.25, 0.3) is 0 Å². The molecular formula is C14H28N2O2. The van der Waals surface area contributed by atoms with E-state index in [0.717, 1.165) is 39.5 Å². The van der Waals surface area contributed by atoms with Gasteiger partial charge in [-0.05, 0) is 32.9 Å². The number of nitrogens with zero attached hydrogens (tertiary/aromatic N) is 1. The summed E-state index contributed by atoms with van der Waals surface area (Å²) < 4.78 is 11.2. The van der Waals surface area contributed by atoms with Gasteiger partial charge in [0.15, 0.2) is 0 Å². The summed E-state index contributed by atoms with van der Waals surface area (Å²) in [5, 5.41) is 3.62. The van der Waals surface area contributed by atoms with Crippen molar-refractivity contribution in [1.29, 1.82) is 0 Å². The van der Waals surface area contributed by atoms with Crippen molar-refractivity contribution in [3.63, 3.8) is 0 Å². The molecule has 3 unspecified atom stereocenters. The van der Waals surface area contributed by atoms with Gasteiger partial charge in [-0.1, -0.05) is 6.92 Å². The lowest BCUT2D eigenvalue weighted by Crippen LogP contribution is -2.46. The maximum Gasteiger partial charge on any atom is 0.0702 e. The summed E-state index contributed by atoms with van der Waals surface area (Å²) >= 11 is 0. The maximum absolute atomic E-state index is 5.70. The van der Waals surface area contributed by atoms with Crippen LogP contribution in [0, 0.1) is 5.92 Å². The summed E-state index contributed by atoms with van der Waals surface area (Å²) in [4.78, 5) is 2.42. The lowest BCUT2D eigenvalue weighted by molar-refractivity contribution is 0.0750. The van der Waals surface area contributed by atoms with Crippen LogP contribution in [0.15, 0.2) is 0 Å². The summed E-state index contributed by atoms with van der Waals surface area (Å²) in [7, 11) is 2.21. The van der Waals surface area contributed by atoms with E-state index in [4.69, 9.17) is 9.47 Å². The molecule has 0 aromatic heterocycles. The standard InChI is InChI=1S/C14H28N2O2/c1-3-15-14(12-6-8-17-11-12)10-16(2)9-13-5-4-7-18-13/h12-15H,3-11H2,1-2H3. The van der Waals surface area contributed by atoms with Crippen molar-refractivity contribution >= 4 is 0 Å². The highest BCUT2D eigenvalue weighted by molar-refractivity contribution is 4.82. The van der Waals surface area contributed by atoms with Crippen molar-refractivity contribution in [2.45, 2.75) is 38.3 Å². The molecule has 2 saturated heterocycles. The van der Waals surface area contributed by atoms with Crippen LogP contribution in [0.25, 0.3) is 0 Å². The fourth-order valence-electron chi connectivity index (χ4n) is 3.06. The van der Waals surface area contributed by atoms with E-state index in [1.165, 1.54) is 19.3 Å². The second-order valence-corrected chi connectivity index (χ2v) is 5.64. The molecule has 2 aliphatic rings. The number of ether oxygens (including phenoxy) is 2. The Morgan fingerprint density at radius 2 is 2.22 bits per heavy atom. The second-order valence-electron chi connectivity index (χ2n) is 5.64. The van der Waals surface area contributed by atoms with Crippen LogP contribution >= 0.6 is 0 Å². The van der Waals surface area contributed by atoms with E-state index >= 15 is 0 Å². The lowest BCUT2D eigenvalue weighted by Gasteiger charge is -2.29. The summed E-state index contributed by atoms with van der Waals surface area (Å²) in [6.45, 7) is 8.19. The molecule has 0 radical (unpaired) electrons. The second kappa shape index (κ2) is 7.43. The Balaban J connectivity index is 1.75. The van der Waals surface area contributed by atoms with Crippen LogP contribution in [-0.2, 0) is 9.47 Å². The minimum atomic E-state index is 0.456. The molecular weight excluding hydrogens is 228 g/mol. The summed E-state index contributed by atoms with van der Waals surface area (Å²) in [6.07, 6.45) is 4.11. The van der Waals surface area contributed by atoms with Crippen LogP contribution in [0.4, 0.5) is 0 Å². The molecule has 1 N–H and O–H groups in total. The maximum atomic E-state index is 5.70. The van der Waals surface area contributed by atoms with Gasteiger partial charge in [0.05, 0.1) is 12.7 Å². The number of rotatable bonds is 7. The van der Waals surface area contributed by atoms with Gasteiger partial charge in [-0.2, -0.15) is 0 Å². The molecule has 0 saturated carbocycles. The number of hydrogen-bond donors (Lipinski definition) is 1. The first-order chi connectivity index (χ1) is 8.79. The number of likely N-dealkylation sites (N-methyl/N-ethyl adjacent to an activating group) is 2. The van der Waals surface area contributed by atoms with Gasteiger partial charge in [0.2, 0.25) is 0 Å². The van der Waals surface area contributed by atoms with Crippen LogP contribution in [0.3, 0.4) is 0 Å². The van der Waals surface area contributed by atoms with E-state index in [-0.39, 0.29) is 0 Å². The highest BCUT2D eigenvalue weighted by Gasteiger charge is 2.27. The fraction of sp³-hybridized carbons (Fsp3) is 1.00. The predicted molar refractivity (Wildman–Crippen MR) is 72.9 cm³/mol. The lowest BCUT2D eigenvalue weighted by atomic mass is 9.98. The smallest absolute Gasteiger partial charge is 0.0702 e. The van der Waals surface area contributed by atoms with Crippen LogP contribution in [0.5, 0.6) is 0 Å². The zero-order chi connectivity index (χ0) is 12.8. The van der Waals surface area contributed by atoms with Gasteiger partial charge >= 0.3 is 0 Å². The minimum absolute atomic E-state index is 0.456. The molecule has 2 heterocycles. The van der Waals surface area contributed by atoms with Crippen LogP contribution < -0.4 is 5.32 Å². The summed E-state index contributed by atoms with van der Waals surface area (Å²) in [5.74, 6) is 0.678. The van der Waals surface area contributed by atoms with E-state index in [0.29, 0.717) is 18.1 Å². The zero-order valence-electron chi connectivity index (χ0n) is 11.9. The molecule has 4 heteroatoms. The molecule has 0 bridgehead atoms. The summed E-state index contributed by atoms with van der Waals surface area (Å²) in [5.41, 5.74) is 0. The van der Waals surface area contributed by atoms with Crippen LogP contribution in [-0.4, -0.2) is 63.5 Å². The molecule has 2 fully saturated rings. The van der Waals surface area contributed by atoms with Gasteiger partial charge in [-0.15, -0.1) is 0 Å². The Morgan fingerprint density at radius 3 is 2.83 bits per heavy atom. The zero-order valence-corrected chi connectivity index (χ0v) is 11.9. The fourth-order valence-corrected chi connectivity index (χ4v) is 3.06. The number of hydrogen-bond acceptors (Lipinski definition) is 4. The highest BCUT2D eigenvalue weighted by atomic mass is 16.5. The molecule has 3 atom stereocenters. The Morgan fingerprint density at radius 1 is 1.33 bits per heavy atom. The SMILES string of the molecule is CCNC(CN(C)CC1CCCO1)C1CCOC1. The molecule has 18 heavy (non-hydrogen) atoms. The topological polar surface area (TPSA) is 33.7 Å². The quantitative estimate of drug-likeness (QED) is 0.740.